The van der Waals surface area contributed by atoms with Crippen LogP contribution in [0.5, 0.6) is 0 Å². The molecular formula is C8H8F2N6O13. The van der Waals surface area contributed by atoms with Gasteiger partial charge in [0.05, 0.1) is 9.85 Å². The highest BCUT2D eigenvalue weighted by molar-refractivity contribution is 5.53. The van der Waals surface area contributed by atoms with Gasteiger partial charge in [0.2, 0.25) is 0 Å². The fourth-order valence-electron chi connectivity index (χ4n) is 2.11. The van der Waals surface area contributed by atoms with E-state index in [1.54, 1.807) is 0 Å². The fourth-order valence-corrected chi connectivity index (χ4v) is 2.11. The van der Waals surface area contributed by atoms with Crippen molar-refractivity contribution in [3.63, 3.8) is 0 Å². The Morgan fingerprint density at radius 2 is 1.00 bits per heavy atom. The maximum atomic E-state index is 14.0. The molecule has 0 radical (unpaired) electrons. The van der Waals surface area contributed by atoms with Crippen LogP contribution in [0.4, 0.5) is 8.78 Å². The van der Waals surface area contributed by atoms with Crippen LogP contribution >= 0.6 is 0 Å². The van der Waals surface area contributed by atoms with Gasteiger partial charge in [-0.25, -0.2) is 0 Å². The lowest BCUT2D eigenvalue weighted by atomic mass is 9.89. The van der Waals surface area contributed by atoms with E-state index in [0.29, 0.717) is 0 Å². The number of halogens is 2. The number of hydrogen-bond donors (Lipinski definition) is 0. The van der Waals surface area contributed by atoms with Gasteiger partial charge in [0.25, 0.3) is 6.42 Å². The van der Waals surface area contributed by atoms with Crippen LogP contribution in [0, 0.1) is 66.6 Å². The van der Waals surface area contributed by atoms with E-state index in [1.165, 1.54) is 0 Å². The average Bonchev–Trinajstić information content (AvgIpc) is 2.58. The molecule has 0 spiro atoms. The third kappa shape index (κ3) is 4.62. The number of alkyl halides is 2. The molecule has 0 saturated heterocycles. The van der Waals surface area contributed by atoms with Crippen LogP contribution in [-0.2, 0) is 4.79 Å². The zero-order valence-electron chi connectivity index (χ0n) is 13.5. The molecule has 162 valence electrons. The Morgan fingerprint density at radius 3 is 1.24 bits per heavy atom. The van der Waals surface area contributed by atoms with Crippen LogP contribution in [0.2, 0.25) is 0 Å². The van der Waals surface area contributed by atoms with Crippen LogP contribution in [0.15, 0.2) is 0 Å². The maximum Gasteiger partial charge on any atom is 0.628 e. The number of rotatable bonds is 13. The van der Waals surface area contributed by atoms with E-state index in [0.717, 1.165) is 0 Å². The summed E-state index contributed by atoms with van der Waals surface area (Å²) in [5.74, 6) is -12.3. The van der Waals surface area contributed by atoms with Crippen molar-refractivity contribution in [3.05, 3.63) is 60.7 Å². The van der Waals surface area contributed by atoms with Gasteiger partial charge in [-0.1, -0.05) is 8.78 Å². The Morgan fingerprint density at radius 1 is 0.655 bits per heavy atom. The summed E-state index contributed by atoms with van der Waals surface area (Å²) in [6, 6.07) is 0. The molecular weight excluding hydrogens is 426 g/mol. The molecule has 0 heterocycles. The second-order valence-electron chi connectivity index (χ2n) is 5.44. The molecule has 0 amide bonds. The normalized spacial score (nSPS) is 13.2. The lowest BCUT2D eigenvalue weighted by Crippen LogP contribution is -2.57. The van der Waals surface area contributed by atoms with Crippen LogP contribution in [-0.4, -0.2) is 53.3 Å². The summed E-state index contributed by atoms with van der Waals surface area (Å²) in [7, 11) is 0. The first-order valence-corrected chi connectivity index (χ1v) is 6.71. The first-order chi connectivity index (χ1) is 13.0. The van der Waals surface area contributed by atoms with Crippen molar-refractivity contribution in [1.82, 2.24) is 0 Å². The Kier molecular flexibility index (Phi) is 7.14. The third-order valence-corrected chi connectivity index (χ3v) is 3.61. The molecule has 1 atom stereocenters. The molecule has 19 nitrogen and oxygen atoms in total. The van der Waals surface area contributed by atoms with Crippen molar-refractivity contribution in [3.8, 4) is 0 Å². The third-order valence-electron chi connectivity index (χ3n) is 3.61. The van der Waals surface area contributed by atoms with Crippen molar-refractivity contribution in [2.75, 3.05) is 0 Å². The monoisotopic (exact) mass is 434 g/mol. The van der Waals surface area contributed by atoms with Gasteiger partial charge in [-0.05, 0) is 0 Å². The molecule has 0 aliphatic carbocycles. The van der Waals surface area contributed by atoms with Crippen molar-refractivity contribution in [2.45, 2.75) is 36.8 Å². The van der Waals surface area contributed by atoms with Crippen LogP contribution in [0.3, 0.4) is 0 Å². The molecule has 0 aromatic carbocycles. The molecule has 0 aromatic rings. The largest absolute Gasteiger partial charge is 0.628 e. The quantitative estimate of drug-likeness (QED) is 0.117. The molecule has 1 unspecified atom stereocenters. The Bertz CT molecular complexity index is 730. The van der Waals surface area contributed by atoms with Crippen molar-refractivity contribution < 1.29 is 43.1 Å². The van der Waals surface area contributed by atoms with Gasteiger partial charge in [0.1, 0.15) is 38.8 Å². The molecule has 0 saturated carbocycles. The van der Waals surface area contributed by atoms with E-state index in [9.17, 15) is 74.3 Å². The highest BCUT2D eigenvalue weighted by atomic mass is 19.2. The molecule has 0 aliphatic rings. The summed E-state index contributed by atoms with van der Waals surface area (Å²) < 4.78 is 27.9. The Balaban J connectivity index is 6.37. The summed E-state index contributed by atoms with van der Waals surface area (Å²) >= 11 is 0. The first-order valence-electron chi connectivity index (χ1n) is 6.71. The second kappa shape index (κ2) is 8.30. The molecule has 21 heteroatoms. The van der Waals surface area contributed by atoms with Gasteiger partial charge in [-0.15, -0.1) is 0 Å². The van der Waals surface area contributed by atoms with Crippen LogP contribution in [0.1, 0.15) is 19.3 Å². The predicted octanol–water partition coefficient (Wildman–Crippen LogP) is -0.425. The van der Waals surface area contributed by atoms with Gasteiger partial charge in [-0.2, -0.15) is 0 Å². The molecule has 0 rings (SSSR count). The van der Waals surface area contributed by atoms with Crippen LogP contribution in [0.25, 0.3) is 0 Å². The Hall–Kier alpha value is -4.07. The van der Waals surface area contributed by atoms with E-state index >= 15 is 0 Å². The molecule has 0 fully saturated rings. The van der Waals surface area contributed by atoms with E-state index in [4.69, 9.17) is 0 Å². The summed E-state index contributed by atoms with van der Waals surface area (Å²) in [5, 5.41) is 64.5. The lowest BCUT2D eigenvalue weighted by molar-refractivity contribution is -0.869. The fraction of sp³-hybridized carbons (Fsp3) is 0.875. The highest BCUT2D eigenvalue weighted by Crippen LogP contribution is 2.36. The number of aldehydes is 1. The van der Waals surface area contributed by atoms with Crippen molar-refractivity contribution in [2.24, 2.45) is 5.92 Å². The van der Waals surface area contributed by atoms with Gasteiger partial charge >= 0.3 is 17.5 Å². The van der Waals surface area contributed by atoms with E-state index < -0.39 is 78.5 Å². The van der Waals surface area contributed by atoms with Crippen LogP contribution < -0.4 is 0 Å². The van der Waals surface area contributed by atoms with E-state index in [-0.39, 0.29) is 0 Å². The SMILES string of the molecule is O=CC(CC(F)([N+](=O)[O-])[N+](=O)[O-])CC(CC(F)([N+](=O)[O-])[N+](=O)[O-])([N+](=O)[O-])[N+](=O)[O-]. The lowest BCUT2D eigenvalue weighted by Gasteiger charge is -2.20. The number of nitrogens with zero attached hydrogens (tertiary/aromatic N) is 6. The van der Waals surface area contributed by atoms with Gasteiger partial charge < -0.3 is 4.79 Å². The van der Waals surface area contributed by atoms with Crippen molar-refractivity contribution >= 4 is 6.29 Å². The molecule has 0 aliphatic heterocycles. The van der Waals surface area contributed by atoms with Crippen molar-refractivity contribution in [1.29, 1.82) is 0 Å². The summed E-state index contributed by atoms with van der Waals surface area (Å²) in [4.78, 5) is 62.3. The minimum absolute atomic E-state index is 0.624. The number of carbonyl (C=O) groups excluding carboxylic acids is 1. The van der Waals surface area contributed by atoms with Gasteiger partial charge in [0.15, 0.2) is 0 Å². The smallest absolute Gasteiger partial charge is 0.303 e. The summed E-state index contributed by atoms with van der Waals surface area (Å²) in [6.07, 6.45) is -7.55. The van der Waals surface area contributed by atoms with E-state index in [2.05, 4.69) is 0 Å². The molecule has 0 bridgehead atoms. The number of hydrogen-bond acceptors (Lipinski definition) is 13. The standard InChI is InChI=1S/C8H8F2N6O13/c9-7(13(22)23,14(24)25)2-5(3-17)1-6(11(18)19,12(20)21)4-8(10,15(26)27)16(28)29/h3,5H,1-2,4H2. The van der Waals surface area contributed by atoms with E-state index in [1.807, 2.05) is 0 Å². The first kappa shape index (κ1) is 24.9. The molecule has 0 N–H and O–H groups in total. The molecule has 0 aromatic heterocycles. The van der Waals surface area contributed by atoms with Gasteiger partial charge in [0, 0.05) is 5.92 Å². The minimum Gasteiger partial charge on any atom is -0.303 e. The molecule has 29 heavy (non-hydrogen) atoms. The predicted molar refractivity (Wildman–Crippen MR) is 75.8 cm³/mol. The minimum atomic E-state index is -5.02. The zero-order chi connectivity index (χ0) is 23.4. The number of carbonyl (C=O) groups is 1. The maximum absolute atomic E-state index is 14.0. The number of nitro groups is 6. The Labute approximate surface area is 154 Å². The zero-order valence-corrected chi connectivity index (χ0v) is 13.5. The highest BCUT2D eigenvalue weighted by Gasteiger charge is 2.75. The topological polar surface area (TPSA) is 276 Å². The summed E-state index contributed by atoms with van der Waals surface area (Å²) in [6.45, 7) is 0. The average molecular weight is 434 g/mol. The van der Waals surface area contributed by atoms with Gasteiger partial charge in [-0.3, -0.25) is 60.7 Å². The second-order valence-corrected chi connectivity index (χ2v) is 5.44. The summed E-state index contributed by atoms with van der Waals surface area (Å²) in [5.41, 5.74) is -4.24.